The monoisotopic (exact) mass is 380 g/mol. The van der Waals surface area contributed by atoms with Crippen LogP contribution in [0.3, 0.4) is 0 Å². The first-order chi connectivity index (χ1) is 13.1. The second-order valence-corrected chi connectivity index (χ2v) is 7.03. The Labute approximate surface area is 165 Å². The molecule has 3 aromatic rings. The number of benzene rings is 2. The Bertz CT molecular complexity index is 910. The van der Waals surface area contributed by atoms with Crippen molar-refractivity contribution in [2.75, 3.05) is 11.9 Å². The predicted molar refractivity (Wildman–Crippen MR) is 113 cm³/mol. The fraction of sp³-hybridized carbons (Fsp3) is 0.273. The van der Waals surface area contributed by atoms with Gasteiger partial charge in [0.25, 0.3) is 0 Å². The number of aromatic nitrogens is 2. The van der Waals surface area contributed by atoms with Crippen molar-refractivity contribution >= 4 is 17.4 Å². The summed E-state index contributed by atoms with van der Waals surface area (Å²) >= 11 is 6.43. The largest absolute Gasteiger partial charge is 0.369 e. The van der Waals surface area contributed by atoms with Crippen LogP contribution in [0.1, 0.15) is 28.9 Å². The van der Waals surface area contributed by atoms with Crippen LogP contribution in [0.5, 0.6) is 0 Å². The van der Waals surface area contributed by atoms with Crippen LogP contribution in [0.15, 0.2) is 48.5 Å². The summed E-state index contributed by atoms with van der Waals surface area (Å²) in [6.07, 6.45) is 2.08. The van der Waals surface area contributed by atoms with E-state index in [9.17, 15) is 0 Å². The molecule has 0 radical (unpaired) electrons. The standard InChI is InChI=1S/C22H25ClN4/c1-15-21(19-11-10-18(14-24)13-20(19)23)26-16(2)22(27-15)25-12-6-9-17-7-4-3-5-8-17/h3-5,7-8,10-11,13H,6,9,12,14,24H2,1-2H3,(H,25,27). The van der Waals surface area contributed by atoms with Gasteiger partial charge in [0.1, 0.15) is 5.82 Å². The summed E-state index contributed by atoms with van der Waals surface area (Å²) in [5.41, 5.74) is 11.5. The molecule has 4 nitrogen and oxygen atoms in total. The maximum absolute atomic E-state index is 6.43. The molecule has 27 heavy (non-hydrogen) atoms. The molecular weight excluding hydrogens is 356 g/mol. The van der Waals surface area contributed by atoms with Crippen molar-refractivity contribution in [3.8, 4) is 11.3 Å². The smallest absolute Gasteiger partial charge is 0.147 e. The highest BCUT2D eigenvalue weighted by Crippen LogP contribution is 2.30. The highest BCUT2D eigenvalue weighted by molar-refractivity contribution is 6.33. The molecule has 2 aromatic carbocycles. The molecule has 0 unspecified atom stereocenters. The maximum Gasteiger partial charge on any atom is 0.147 e. The molecule has 0 fully saturated rings. The van der Waals surface area contributed by atoms with Gasteiger partial charge < -0.3 is 11.1 Å². The lowest BCUT2D eigenvalue weighted by Crippen LogP contribution is -2.09. The van der Waals surface area contributed by atoms with E-state index in [1.54, 1.807) is 0 Å². The number of halogens is 1. The quantitative estimate of drug-likeness (QED) is 0.571. The molecule has 3 N–H and O–H groups in total. The van der Waals surface area contributed by atoms with Crippen LogP contribution >= 0.6 is 11.6 Å². The first kappa shape index (κ1) is 19.3. The van der Waals surface area contributed by atoms with Crippen LogP contribution in [0.4, 0.5) is 5.82 Å². The third kappa shape index (κ3) is 4.85. The molecule has 1 aromatic heterocycles. The Hall–Kier alpha value is -2.43. The molecule has 0 saturated carbocycles. The number of hydrogen-bond acceptors (Lipinski definition) is 4. The summed E-state index contributed by atoms with van der Waals surface area (Å²) in [4.78, 5) is 9.48. The molecule has 0 aliphatic rings. The first-order valence-electron chi connectivity index (χ1n) is 9.20. The van der Waals surface area contributed by atoms with Crippen molar-refractivity contribution in [3.05, 3.63) is 76.1 Å². The van der Waals surface area contributed by atoms with Crippen LogP contribution in [-0.4, -0.2) is 16.5 Å². The second kappa shape index (κ2) is 8.98. The van der Waals surface area contributed by atoms with Gasteiger partial charge in [-0.25, -0.2) is 9.97 Å². The summed E-state index contributed by atoms with van der Waals surface area (Å²) in [6.45, 7) is 5.26. The number of nitrogens with one attached hydrogen (secondary N) is 1. The lowest BCUT2D eigenvalue weighted by molar-refractivity contribution is 0.854. The van der Waals surface area contributed by atoms with Crippen LogP contribution in [-0.2, 0) is 13.0 Å². The van der Waals surface area contributed by atoms with Gasteiger partial charge in [-0.3, -0.25) is 0 Å². The summed E-state index contributed by atoms with van der Waals surface area (Å²) < 4.78 is 0. The number of nitrogens with zero attached hydrogens (tertiary/aromatic N) is 2. The maximum atomic E-state index is 6.43. The average molecular weight is 381 g/mol. The highest BCUT2D eigenvalue weighted by Gasteiger charge is 2.13. The predicted octanol–water partition coefficient (Wildman–Crippen LogP) is 4.92. The van der Waals surface area contributed by atoms with Crippen molar-refractivity contribution in [2.45, 2.75) is 33.2 Å². The Morgan fingerprint density at radius 2 is 1.74 bits per heavy atom. The minimum absolute atomic E-state index is 0.468. The molecule has 0 saturated heterocycles. The van der Waals surface area contributed by atoms with E-state index < -0.39 is 0 Å². The molecule has 3 rings (SSSR count). The van der Waals surface area contributed by atoms with Gasteiger partial charge in [0.2, 0.25) is 0 Å². The number of aryl methyl sites for hydroxylation is 3. The van der Waals surface area contributed by atoms with Gasteiger partial charge in [0.15, 0.2) is 0 Å². The fourth-order valence-corrected chi connectivity index (χ4v) is 3.34. The van der Waals surface area contributed by atoms with Gasteiger partial charge in [-0.1, -0.05) is 54.1 Å². The van der Waals surface area contributed by atoms with E-state index in [4.69, 9.17) is 27.3 Å². The molecule has 0 bridgehead atoms. The van der Waals surface area contributed by atoms with Gasteiger partial charge in [0, 0.05) is 18.7 Å². The molecule has 0 aliphatic carbocycles. The van der Waals surface area contributed by atoms with Crippen molar-refractivity contribution in [1.82, 2.24) is 9.97 Å². The van der Waals surface area contributed by atoms with E-state index in [0.29, 0.717) is 11.6 Å². The zero-order valence-electron chi connectivity index (χ0n) is 15.8. The lowest BCUT2D eigenvalue weighted by atomic mass is 10.1. The van der Waals surface area contributed by atoms with Crippen molar-refractivity contribution in [1.29, 1.82) is 0 Å². The lowest BCUT2D eigenvalue weighted by Gasteiger charge is -2.13. The molecule has 5 heteroatoms. The number of anilines is 1. The molecular formula is C22H25ClN4. The van der Waals surface area contributed by atoms with Gasteiger partial charge in [0.05, 0.1) is 22.1 Å². The third-order valence-corrected chi connectivity index (χ3v) is 4.86. The molecule has 0 aliphatic heterocycles. The van der Waals surface area contributed by atoms with Gasteiger partial charge in [-0.15, -0.1) is 0 Å². The number of hydrogen-bond donors (Lipinski definition) is 2. The third-order valence-electron chi connectivity index (χ3n) is 4.55. The SMILES string of the molecule is Cc1nc(-c2ccc(CN)cc2Cl)c(C)nc1NCCCc1ccccc1. The van der Waals surface area contributed by atoms with E-state index >= 15 is 0 Å². The topological polar surface area (TPSA) is 63.8 Å². The van der Waals surface area contributed by atoms with Crippen LogP contribution < -0.4 is 11.1 Å². The number of nitrogens with two attached hydrogens (primary N) is 1. The van der Waals surface area contributed by atoms with E-state index in [0.717, 1.165) is 53.4 Å². The highest BCUT2D eigenvalue weighted by atomic mass is 35.5. The summed E-state index contributed by atoms with van der Waals surface area (Å²) in [5.74, 6) is 0.832. The Kier molecular flexibility index (Phi) is 6.43. The first-order valence-corrected chi connectivity index (χ1v) is 9.58. The van der Waals surface area contributed by atoms with Crippen molar-refractivity contribution in [3.63, 3.8) is 0 Å². The fourth-order valence-electron chi connectivity index (χ4n) is 3.05. The Balaban J connectivity index is 1.69. The molecule has 0 amide bonds. The van der Waals surface area contributed by atoms with Gasteiger partial charge in [-0.05, 0) is 43.9 Å². The average Bonchev–Trinajstić information content (AvgIpc) is 2.68. The number of rotatable bonds is 7. The van der Waals surface area contributed by atoms with E-state index in [2.05, 4.69) is 29.6 Å². The van der Waals surface area contributed by atoms with E-state index in [-0.39, 0.29) is 0 Å². The summed E-state index contributed by atoms with van der Waals surface area (Å²) in [5, 5.41) is 4.06. The van der Waals surface area contributed by atoms with Crippen LogP contribution in [0, 0.1) is 13.8 Å². The Morgan fingerprint density at radius 1 is 0.963 bits per heavy atom. The van der Waals surface area contributed by atoms with Gasteiger partial charge >= 0.3 is 0 Å². The van der Waals surface area contributed by atoms with Crippen LogP contribution in [0.2, 0.25) is 5.02 Å². The van der Waals surface area contributed by atoms with E-state index in [1.165, 1.54) is 5.56 Å². The Morgan fingerprint density at radius 3 is 2.44 bits per heavy atom. The molecule has 0 spiro atoms. The summed E-state index contributed by atoms with van der Waals surface area (Å²) in [7, 11) is 0. The minimum Gasteiger partial charge on any atom is -0.369 e. The molecule has 1 heterocycles. The molecule has 140 valence electrons. The molecule has 0 atom stereocenters. The summed E-state index contributed by atoms with van der Waals surface area (Å²) in [6, 6.07) is 16.3. The normalized spacial score (nSPS) is 10.8. The zero-order chi connectivity index (χ0) is 19.2. The van der Waals surface area contributed by atoms with Crippen LogP contribution in [0.25, 0.3) is 11.3 Å². The van der Waals surface area contributed by atoms with Crippen molar-refractivity contribution in [2.24, 2.45) is 5.73 Å². The van der Waals surface area contributed by atoms with E-state index in [1.807, 2.05) is 38.1 Å². The van der Waals surface area contributed by atoms with Gasteiger partial charge in [-0.2, -0.15) is 0 Å². The second-order valence-electron chi connectivity index (χ2n) is 6.63. The minimum atomic E-state index is 0.468. The zero-order valence-corrected chi connectivity index (χ0v) is 16.6. The van der Waals surface area contributed by atoms with Crippen molar-refractivity contribution < 1.29 is 0 Å².